The van der Waals surface area contributed by atoms with Crippen LogP contribution in [0.1, 0.15) is 24.3 Å². The number of anilines is 1. The molecule has 2 aliphatic rings. The van der Waals surface area contributed by atoms with E-state index in [1.54, 1.807) is 18.2 Å². The Balaban J connectivity index is 1.80. The summed E-state index contributed by atoms with van der Waals surface area (Å²) in [6.45, 7) is 1.86. The van der Waals surface area contributed by atoms with Crippen molar-refractivity contribution in [3.8, 4) is 16.9 Å². The van der Waals surface area contributed by atoms with E-state index in [-0.39, 0.29) is 5.75 Å². The van der Waals surface area contributed by atoms with Crippen LogP contribution in [0.2, 0.25) is 0 Å². The predicted molar refractivity (Wildman–Crippen MR) is 90.8 cm³/mol. The van der Waals surface area contributed by atoms with Crippen molar-refractivity contribution in [2.75, 3.05) is 18.4 Å². The number of fused-ring (bicyclic) bond motifs is 3. The molecule has 1 fully saturated rings. The summed E-state index contributed by atoms with van der Waals surface area (Å²) in [5.41, 5.74) is 3.43. The van der Waals surface area contributed by atoms with E-state index in [4.69, 9.17) is 0 Å². The molecule has 0 radical (unpaired) electrons. The lowest BCUT2D eigenvalue weighted by Crippen LogP contribution is -2.21. The van der Waals surface area contributed by atoms with Crippen molar-refractivity contribution in [1.29, 1.82) is 0 Å². The fourth-order valence-electron chi connectivity index (χ4n) is 3.99. The van der Waals surface area contributed by atoms with Gasteiger partial charge in [0.05, 0.1) is 0 Å². The Bertz CT molecular complexity index is 776. The molecule has 6 heteroatoms. The number of ether oxygens (including phenoxy) is 1. The van der Waals surface area contributed by atoms with E-state index < -0.39 is 6.36 Å². The maximum atomic E-state index is 12.8. The van der Waals surface area contributed by atoms with Crippen LogP contribution in [0.15, 0.2) is 42.5 Å². The maximum absolute atomic E-state index is 12.8. The lowest BCUT2D eigenvalue weighted by atomic mass is 9.85. The summed E-state index contributed by atoms with van der Waals surface area (Å²) in [4.78, 5) is 0. The van der Waals surface area contributed by atoms with Crippen LogP contribution in [0.25, 0.3) is 11.1 Å². The SMILES string of the molecule is FC(F)(F)Oc1ccccc1-c1cccc2c1[C@H]1CCNCC[C@@H]1N2. The molecule has 4 rings (SSSR count). The van der Waals surface area contributed by atoms with Crippen LogP contribution in [0.3, 0.4) is 0 Å². The highest BCUT2D eigenvalue weighted by Crippen LogP contribution is 2.47. The Morgan fingerprint density at radius 1 is 0.920 bits per heavy atom. The molecule has 0 spiro atoms. The highest BCUT2D eigenvalue weighted by atomic mass is 19.4. The quantitative estimate of drug-likeness (QED) is 0.838. The highest BCUT2D eigenvalue weighted by Gasteiger charge is 2.36. The number of hydrogen-bond donors (Lipinski definition) is 2. The molecular formula is C19H19F3N2O. The lowest BCUT2D eigenvalue weighted by Gasteiger charge is -2.19. The van der Waals surface area contributed by atoms with Crippen LogP contribution < -0.4 is 15.4 Å². The Morgan fingerprint density at radius 3 is 2.52 bits per heavy atom. The van der Waals surface area contributed by atoms with Gasteiger partial charge in [0.25, 0.3) is 0 Å². The van der Waals surface area contributed by atoms with E-state index in [0.29, 0.717) is 17.5 Å². The molecule has 0 unspecified atom stereocenters. The minimum atomic E-state index is -4.71. The van der Waals surface area contributed by atoms with Crippen LogP contribution in [-0.4, -0.2) is 25.5 Å². The van der Waals surface area contributed by atoms with Gasteiger partial charge in [0.2, 0.25) is 0 Å². The smallest absolute Gasteiger partial charge is 0.405 e. The first-order valence-corrected chi connectivity index (χ1v) is 8.48. The number of rotatable bonds is 2. The third kappa shape index (κ3) is 3.18. The first-order valence-electron chi connectivity index (χ1n) is 8.48. The van der Waals surface area contributed by atoms with Crippen molar-refractivity contribution >= 4 is 5.69 Å². The van der Waals surface area contributed by atoms with E-state index in [0.717, 1.165) is 42.7 Å². The predicted octanol–water partition coefficient (Wildman–Crippen LogP) is 4.51. The van der Waals surface area contributed by atoms with Gasteiger partial charge in [-0.3, -0.25) is 0 Å². The van der Waals surface area contributed by atoms with Gasteiger partial charge in [0.15, 0.2) is 0 Å². The van der Waals surface area contributed by atoms with Crippen molar-refractivity contribution in [2.45, 2.75) is 31.2 Å². The van der Waals surface area contributed by atoms with E-state index in [1.807, 2.05) is 18.2 Å². The molecule has 2 aromatic rings. The molecule has 2 heterocycles. The Morgan fingerprint density at radius 2 is 1.68 bits per heavy atom. The summed E-state index contributed by atoms with van der Waals surface area (Å²) < 4.78 is 42.6. The zero-order valence-electron chi connectivity index (χ0n) is 13.6. The van der Waals surface area contributed by atoms with E-state index in [2.05, 4.69) is 15.4 Å². The summed E-state index contributed by atoms with van der Waals surface area (Å²) >= 11 is 0. The standard InChI is InChI=1S/C19H19F3N2O/c20-19(21,22)25-17-7-2-1-4-12(17)13-5-3-6-16-18(13)14-8-10-23-11-9-15(14)24-16/h1-7,14-15,23-24H,8-11H2/t14-,15-/m0/s1. The summed E-state index contributed by atoms with van der Waals surface area (Å²) in [6, 6.07) is 12.5. The molecule has 0 amide bonds. The largest absolute Gasteiger partial charge is 0.573 e. The van der Waals surface area contributed by atoms with Crippen molar-refractivity contribution in [3.63, 3.8) is 0 Å². The van der Waals surface area contributed by atoms with Gasteiger partial charge in [0.1, 0.15) is 5.75 Å². The minimum absolute atomic E-state index is 0.154. The molecular weight excluding hydrogens is 329 g/mol. The second-order valence-corrected chi connectivity index (χ2v) is 6.50. The minimum Gasteiger partial charge on any atom is -0.405 e. The van der Waals surface area contributed by atoms with Crippen LogP contribution in [-0.2, 0) is 0 Å². The normalized spacial score (nSPS) is 22.5. The lowest BCUT2D eigenvalue weighted by molar-refractivity contribution is -0.274. The molecule has 0 aliphatic carbocycles. The van der Waals surface area contributed by atoms with Gasteiger partial charge in [-0.05, 0) is 49.2 Å². The topological polar surface area (TPSA) is 33.3 Å². The maximum Gasteiger partial charge on any atom is 0.573 e. The van der Waals surface area contributed by atoms with Crippen molar-refractivity contribution in [2.24, 2.45) is 0 Å². The van der Waals surface area contributed by atoms with Crippen LogP contribution in [0, 0.1) is 0 Å². The molecule has 3 nitrogen and oxygen atoms in total. The molecule has 2 aliphatic heterocycles. The first-order chi connectivity index (χ1) is 12.0. The number of alkyl halides is 3. The summed E-state index contributed by atoms with van der Waals surface area (Å²) in [7, 11) is 0. The number of benzene rings is 2. The number of hydrogen-bond acceptors (Lipinski definition) is 3. The molecule has 132 valence electrons. The zero-order valence-corrected chi connectivity index (χ0v) is 13.6. The molecule has 2 N–H and O–H groups in total. The zero-order chi connectivity index (χ0) is 17.4. The molecule has 1 saturated heterocycles. The monoisotopic (exact) mass is 348 g/mol. The van der Waals surface area contributed by atoms with E-state index in [1.165, 1.54) is 6.07 Å². The van der Waals surface area contributed by atoms with Gasteiger partial charge in [-0.15, -0.1) is 13.2 Å². The molecule has 25 heavy (non-hydrogen) atoms. The van der Waals surface area contributed by atoms with Crippen molar-refractivity contribution < 1.29 is 17.9 Å². The highest BCUT2D eigenvalue weighted by molar-refractivity contribution is 5.81. The van der Waals surface area contributed by atoms with Crippen molar-refractivity contribution in [3.05, 3.63) is 48.0 Å². The molecule has 2 atom stereocenters. The van der Waals surface area contributed by atoms with Gasteiger partial charge in [0, 0.05) is 23.2 Å². The van der Waals surface area contributed by atoms with Gasteiger partial charge in [-0.1, -0.05) is 30.3 Å². The third-order valence-corrected chi connectivity index (χ3v) is 4.97. The van der Waals surface area contributed by atoms with Gasteiger partial charge in [-0.25, -0.2) is 0 Å². The van der Waals surface area contributed by atoms with Crippen LogP contribution in [0.4, 0.5) is 18.9 Å². The van der Waals surface area contributed by atoms with E-state index in [9.17, 15) is 13.2 Å². The Hall–Kier alpha value is -2.21. The Kier molecular flexibility index (Phi) is 4.07. The summed E-state index contributed by atoms with van der Waals surface area (Å²) in [6.07, 6.45) is -2.75. The molecule has 0 bridgehead atoms. The average Bonchev–Trinajstić information content (AvgIpc) is 2.76. The van der Waals surface area contributed by atoms with E-state index >= 15 is 0 Å². The van der Waals surface area contributed by atoms with Crippen molar-refractivity contribution in [1.82, 2.24) is 5.32 Å². The van der Waals surface area contributed by atoms with Gasteiger partial charge >= 0.3 is 6.36 Å². The van der Waals surface area contributed by atoms with Crippen LogP contribution in [0.5, 0.6) is 5.75 Å². The fraction of sp³-hybridized carbons (Fsp3) is 0.368. The average molecular weight is 348 g/mol. The third-order valence-electron chi connectivity index (χ3n) is 4.97. The van der Waals surface area contributed by atoms with Gasteiger partial charge in [-0.2, -0.15) is 0 Å². The molecule has 0 aromatic heterocycles. The fourth-order valence-corrected chi connectivity index (χ4v) is 3.99. The molecule has 0 saturated carbocycles. The second-order valence-electron chi connectivity index (χ2n) is 6.50. The summed E-state index contributed by atoms with van der Waals surface area (Å²) in [5.74, 6) is 0.138. The number of nitrogens with one attached hydrogen (secondary N) is 2. The first kappa shape index (κ1) is 16.3. The number of halogens is 3. The second kappa shape index (κ2) is 6.26. The van der Waals surface area contributed by atoms with Gasteiger partial charge < -0.3 is 15.4 Å². The number of para-hydroxylation sites is 1. The Labute approximate surface area is 144 Å². The van der Waals surface area contributed by atoms with Crippen LogP contribution >= 0.6 is 0 Å². The summed E-state index contributed by atoms with van der Waals surface area (Å²) in [5, 5.41) is 6.95. The molecule has 2 aromatic carbocycles.